The topological polar surface area (TPSA) is 56.1 Å². The van der Waals surface area contributed by atoms with Crippen LogP contribution in [0.3, 0.4) is 0 Å². The van der Waals surface area contributed by atoms with E-state index in [9.17, 15) is 4.79 Å². The van der Waals surface area contributed by atoms with Crippen molar-refractivity contribution in [3.05, 3.63) is 63.4 Å². The molecule has 2 aromatic heterocycles. The number of ether oxygens (including phenoxy) is 1. The van der Waals surface area contributed by atoms with Crippen LogP contribution >= 0.6 is 22.9 Å². The van der Waals surface area contributed by atoms with Crippen molar-refractivity contribution < 1.29 is 9.53 Å². The fourth-order valence-corrected chi connectivity index (χ4v) is 3.72. The van der Waals surface area contributed by atoms with Crippen LogP contribution in [0.25, 0.3) is 5.13 Å². The zero-order valence-electron chi connectivity index (χ0n) is 14.2. The standard InChI is InChI=1S/C18H18ClN3O2S/c1-11-8-15(12(2)22(11)18-20-6-7-25-18)17(23)21-10-13-9-14(19)4-5-16(13)24-3/h4-9H,10H2,1-3H3,(H,21,23). The van der Waals surface area contributed by atoms with Gasteiger partial charge < -0.3 is 10.1 Å². The Morgan fingerprint density at radius 2 is 2.16 bits per heavy atom. The maximum atomic E-state index is 12.6. The van der Waals surface area contributed by atoms with Crippen LogP contribution in [-0.2, 0) is 6.54 Å². The average Bonchev–Trinajstić information content (AvgIpc) is 3.20. The number of halogens is 1. The lowest BCUT2D eigenvalue weighted by Crippen LogP contribution is -2.23. The predicted molar refractivity (Wildman–Crippen MR) is 100 cm³/mol. The second kappa shape index (κ2) is 7.29. The molecule has 1 amide bonds. The number of thiazole rings is 1. The third-order valence-electron chi connectivity index (χ3n) is 3.97. The first-order valence-corrected chi connectivity index (χ1v) is 8.96. The Labute approximate surface area is 155 Å². The fourth-order valence-electron chi connectivity index (χ4n) is 2.77. The molecule has 3 rings (SSSR count). The van der Waals surface area contributed by atoms with Gasteiger partial charge in [0.05, 0.1) is 12.7 Å². The summed E-state index contributed by atoms with van der Waals surface area (Å²) in [5, 5.41) is 6.31. The smallest absolute Gasteiger partial charge is 0.253 e. The summed E-state index contributed by atoms with van der Waals surface area (Å²) in [4.78, 5) is 17.0. The highest BCUT2D eigenvalue weighted by molar-refractivity contribution is 7.12. The molecule has 0 spiro atoms. The van der Waals surface area contributed by atoms with E-state index in [4.69, 9.17) is 16.3 Å². The van der Waals surface area contributed by atoms with Gasteiger partial charge in [-0.25, -0.2) is 4.98 Å². The number of benzene rings is 1. The first-order chi connectivity index (χ1) is 12.0. The average molecular weight is 376 g/mol. The van der Waals surface area contributed by atoms with Gasteiger partial charge >= 0.3 is 0 Å². The number of aromatic nitrogens is 2. The molecule has 0 radical (unpaired) electrons. The molecule has 7 heteroatoms. The van der Waals surface area contributed by atoms with E-state index in [1.54, 1.807) is 31.5 Å². The minimum atomic E-state index is -0.141. The molecule has 0 aliphatic rings. The van der Waals surface area contributed by atoms with Crippen molar-refractivity contribution in [2.24, 2.45) is 0 Å². The normalized spacial score (nSPS) is 10.7. The second-order valence-corrected chi connectivity index (χ2v) is 6.88. The van der Waals surface area contributed by atoms with Crippen LogP contribution in [0.15, 0.2) is 35.8 Å². The number of hydrogen-bond acceptors (Lipinski definition) is 4. The molecule has 0 atom stereocenters. The Morgan fingerprint density at radius 1 is 1.36 bits per heavy atom. The fraction of sp³-hybridized carbons (Fsp3) is 0.222. The number of methoxy groups -OCH3 is 1. The molecule has 0 saturated heterocycles. The molecule has 3 aromatic rings. The van der Waals surface area contributed by atoms with Gasteiger partial charge in [-0.2, -0.15) is 0 Å². The van der Waals surface area contributed by atoms with Crippen LogP contribution in [0, 0.1) is 13.8 Å². The Hall–Kier alpha value is -2.31. The summed E-state index contributed by atoms with van der Waals surface area (Å²) < 4.78 is 7.30. The lowest BCUT2D eigenvalue weighted by Gasteiger charge is -2.10. The largest absolute Gasteiger partial charge is 0.496 e. The quantitative estimate of drug-likeness (QED) is 0.729. The van der Waals surface area contributed by atoms with E-state index in [-0.39, 0.29) is 5.91 Å². The summed E-state index contributed by atoms with van der Waals surface area (Å²) in [5.74, 6) is 0.552. The lowest BCUT2D eigenvalue weighted by molar-refractivity contribution is 0.0950. The summed E-state index contributed by atoms with van der Waals surface area (Å²) >= 11 is 7.57. The molecule has 0 aliphatic carbocycles. The molecule has 0 saturated carbocycles. The van der Waals surface area contributed by atoms with Crippen LogP contribution in [0.4, 0.5) is 0 Å². The van der Waals surface area contributed by atoms with Crippen molar-refractivity contribution in [2.45, 2.75) is 20.4 Å². The number of hydrogen-bond donors (Lipinski definition) is 1. The highest BCUT2D eigenvalue weighted by Crippen LogP contribution is 2.24. The summed E-state index contributed by atoms with van der Waals surface area (Å²) in [5.41, 5.74) is 3.30. The van der Waals surface area contributed by atoms with Gasteiger partial charge in [0.25, 0.3) is 5.91 Å². The third-order valence-corrected chi connectivity index (χ3v) is 4.96. The molecule has 0 bridgehead atoms. The number of nitrogens with zero attached hydrogens (tertiary/aromatic N) is 2. The predicted octanol–water partition coefficient (Wildman–Crippen LogP) is 4.14. The van der Waals surface area contributed by atoms with Crippen LogP contribution < -0.4 is 10.1 Å². The molecular weight excluding hydrogens is 358 g/mol. The highest BCUT2D eigenvalue weighted by atomic mass is 35.5. The van der Waals surface area contributed by atoms with E-state index in [2.05, 4.69) is 10.3 Å². The minimum absolute atomic E-state index is 0.141. The summed E-state index contributed by atoms with van der Waals surface area (Å²) in [6.07, 6.45) is 1.75. The lowest BCUT2D eigenvalue weighted by atomic mass is 10.2. The Bertz CT molecular complexity index is 903. The van der Waals surface area contributed by atoms with E-state index in [0.29, 0.717) is 22.9 Å². The van der Waals surface area contributed by atoms with Crippen LogP contribution in [0.2, 0.25) is 5.02 Å². The summed E-state index contributed by atoms with van der Waals surface area (Å²) in [6.45, 7) is 4.22. The second-order valence-electron chi connectivity index (χ2n) is 5.57. The zero-order valence-corrected chi connectivity index (χ0v) is 15.7. The summed E-state index contributed by atoms with van der Waals surface area (Å²) in [6, 6.07) is 7.21. The minimum Gasteiger partial charge on any atom is -0.496 e. The van der Waals surface area contributed by atoms with E-state index >= 15 is 0 Å². The SMILES string of the molecule is COc1ccc(Cl)cc1CNC(=O)c1cc(C)n(-c2nccs2)c1C. The molecule has 5 nitrogen and oxygen atoms in total. The molecule has 130 valence electrons. The highest BCUT2D eigenvalue weighted by Gasteiger charge is 2.18. The van der Waals surface area contributed by atoms with E-state index in [1.807, 2.05) is 29.9 Å². The van der Waals surface area contributed by atoms with Gasteiger partial charge in [0.15, 0.2) is 5.13 Å². The third kappa shape index (κ3) is 3.55. The molecule has 2 heterocycles. The monoisotopic (exact) mass is 375 g/mol. The Balaban J connectivity index is 1.81. The Kier molecular flexibility index (Phi) is 5.11. The molecule has 1 N–H and O–H groups in total. The number of rotatable bonds is 5. The van der Waals surface area contributed by atoms with Crippen molar-refractivity contribution in [3.8, 4) is 10.9 Å². The van der Waals surface area contributed by atoms with Gasteiger partial charge in [0.1, 0.15) is 5.75 Å². The first-order valence-electron chi connectivity index (χ1n) is 7.70. The van der Waals surface area contributed by atoms with Gasteiger partial charge in [-0.3, -0.25) is 9.36 Å². The molecule has 0 fully saturated rings. The molecule has 25 heavy (non-hydrogen) atoms. The maximum Gasteiger partial charge on any atom is 0.253 e. The number of nitrogens with one attached hydrogen (secondary N) is 1. The maximum absolute atomic E-state index is 12.6. The number of carbonyl (C=O) groups excluding carboxylic acids is 1. The van der Waals surface area contributed by atoms with Crippen molar-refractivity contribution >= 4 is 28.8 Å². The first kappa shape index (κ1) is 17.5. The van der Waals surface area contributed by atoms with Gasteiger partial charge in [-0.15, -0.1) is 11.3 Å². The van der Waals surface area contributed by atoms with Crippen LogP contribution in [-0.4, -0.2) is 22.6 Å². The molecule has 1 aromatic carbocycles. The van der Waals surface area contributed by atoms with E-state index in [0.717, 1.165) is 22.1 Å². The van der Waals surface area contributed by atoms with Crippen molar-refractivity contribution in [1.82, 2.24) is 14.9 Å². The van der Waals surface area contributed by atoms with Gasteiger partial charge in [0, 0.05) is 40.1 Å². The molecule has 0 aliphatic heterocycles. The molecular formula is C18H18ClN3O2S. The Morgan fingerprint density at radius 3 is 2.84 bits per heavy atom. The van der Waals surface area contributed by atoms with Gasteiger partial charge in [0.2, 0.25) is 0 Å². The number of aryl methyl sites for hydroxylation is 1. The van der Waals surface area contributed by atoms with Crippen LogP contribution in [0.1, 0.15) is 27.3 Å². The van der Waals surface area contributed by atoms with Crippen molar-refractivity contribution in [2.75, 3.05) is 7.11 Å². The van der Waals surface area contributed by atoms with Crippen molar-refractivity contribution in [1.29, 1.82) is 0 Å². The number of carbonyl (C=O) groups is 1. The number of amides is 1. The zero-order chi connectivity index (χ0) is 18.0. The van der Waals surface area contributed by atoms with Gasteiger partial charge in [-0.1, -0.05) is 11.6 Å². The van der Waals surface area contributed by atoms with Crippen LogP contribution in [0.5, 0.6) is 5.75 Å². The van der Waals surface area contributed by atoms with Gasteiger partial charge in [-0.05, 0) is 38.1 Å². The van der Waals surface area contributed by atoms with Crippen molar-refractivity contribution in [3.63, 3.8) is 0 Å². The van der Waals surface area contributed by atoms with E-state index < -0.39 is 0 Å². The molecule has 0 unspecified atom stereocenters. The van der Waals surface area contributed by atoms with E-state index in [1.165, 1.54) is 11.3 Å². The summed E-state index contributed by atoms with van der Waals surface area (Å²) in [7, 11) is 1.59.